The molecular weight excluding hydrogens is 212 g/mol. The van der Waals surface area contributed by atoms with Crippen LogP contribution in [0.15, 0.2) is 23.2 Å². The zero-order valence-electron chi connectivity index (χ0n) is 9.13. The van der Waals surface area contributed by atoms with Crippen molar-refractivity contribution in [2.75, 3.05) is 6.54 Å². The van der Waals surface area contributed by atoms with Gasteiger partial charge in [0.1, 0.15) is 5.84 Å². The Kier molecular flexibility index (Phi) is 4.85. The molecule has 0 spiro atoms. The third-order valence-electron chi connectivity index (χ3n) is 2.05. The lowest BCUT2D eigenvalue weighted by Gasteiger charge is -2.06. The molecule has 0 amide bonds. The predicted molar refractivity (Wildman–Crippen MR) is 60.0 cm³/mol. The summed E-state index contributed by atoms with van der Waals surface area (Å²) in [5, 5.41) is 0. The van der Waals surface area contributed by atoms with Gasteiger partial charge >= 0.3 is 0 Å². The van der Waals surface area contributed by atoms with Crippen molar-refractivity contribution < 1.29 is 8.78 Å². The standard InChI is InChI=1S/C11H15F2N3/c1-2-5-15-11(16-14)7-8-3-4-9(12)10(13)6-8/h3-4,6H,2,5,7,14H2,1H3,(H,15,16). The highest BCUT2D eigenvalue weighted by Crippen LogP contribution is 2.09. The minimum atomic E-state index is -0.857. The molecular formula is C11H15F2N3. The minimum absolute atomic E-state index is 0.369. The SMILES string of the molecule is CCCN=C(Cc1ccc(F)c(F)c1)NN. The summed E-state index contributed by atoms with van der Waals surface area (Å²) in [5.74, 6) is 4.14. The monoisotopic (exact) mass is 227 g/mol. The van der Waals surface area contributed by atoms with Crippen molar-refractivity contribution >= 4 is 5.84 Å². The molecule has 0 aliphatic rings. The maximum Gasteiger partial charge on any atom is 0.159 e. The summed E-state index contributed by atoms with van der Waals surface area (Å²) in [4.78, 5) is 4.17. The average Bonchev–Trinajstić information content (AvgIpc) is 2.29. The summed E-state index contributed by atoms with van der Waals surface area (Å²) in [7, 11) is 0. The zero-order valence-corrected chi connectivity index (χ0v) is 9.13. The number of nitrogens with two attached hydrogens (primary N) is 1. The Morgan fingerprint density at radius 3 is 2.69 bits per heavy atom. The number of nitrogens with zero attached hydrogens (tertiary/aromatic N) is 1. The quantitative estimate of drug-likeness (QED) is 0.356. The van der Waals surface area contributed by atoms with Gasteiger partial charge in [0.2, 0.25) is 0 Å². The van der Waals surface area contributed by atoms with E-state index < -0.39 is 11.6 Å². The van der Waals surface area contributed by atoms with Crippen LogP contribution in [0.4, 0.5) is 8.78 Å². The van der Waals surface area contributed by atoms with E-state index in [0.717, 1.165) is 18.6 Å². The fourth-order valence-electron chi connectivity index (χ4n) is 1.24. The second kappa shape index (κ2) is 6.17. The van der Waals surface area contributed by atoms with Crippen molar-refractivity contribution in [1.29, 1.82) is 0 Å². The number of aliphatic imine (C=N–C) groups is 1. The van der Waals surface area contributed by atoms with E-state index in [4.69, 9.17) is 5.84 Å². The first kappa shape index (κ1) is 12.6. The lowest BCUT2D eigenvalue weighted by Crippen LogP contribution is -2.32. The summed E-state index contributed by atoms with van der Waals surface area (Å²) >= 11 is 0. The van der Waals surface area contributed by atoms with Gasteiger partial charge in [0.25, 0.3) is 0 Å². The van der Waals surface area contributed by atoms with Gasteiger partial charge in [-0.15, -0.1) is 0 Å². The van der Waals surface area contributed by atoms with Crippen LogP contribution in [-0.4, -0.2) is 12.4 Å². The van der Waals surface area contributed by atoms with Crippen molar-refractivity contribution in [3.63, 3.8) is 0 Å². The summed E-state index contributed by atoms with van der Waals surface area (Å²) in [6, 6.07) is 3.75. The molecule has 16 heavy (non-hydrogen) atoms. The first-order chi connectivity index (χ1) is 7.67. The van der Waals surface area contributed by atoms with Gasteiger partial charge in [0.05, 0.1) is 0 Å². The normalized spacial score (nSPS) is 11.6. The van der Waals surface area contributed by atoms with E-state index >= 15 is 0 Å². The summed E-state index contributed by atoms with van der Waals surface area (Å²) in [5.41, 5.74) is 3.08. The zero-order chi connectivity index (χ0) is 12.0. The van der Waals surface area contributed by atoms with Crippen LogP contribution in [0.1, 0.15) is 18.9 Å². The number of hydrogen-bond donors (Lipinski definition) is 2. The Morgan fingerprint density at radius 2 is 2.12 bits per heavy atom. The topological polar surface area (TPSA) is 50.4 Å². The molecule has 0 unspecified atom stereocenters. The van der Waals surface area contributed by atoms with Crippen LogP contribution in [-0.2, 0) is 6.42 Å². The maximum atomic E-state index is 12.9. The average molecular weight is 227 g/mol. The second-order valence-corrected chi connectivity index (χ2v) is 3.40. The second-order valence-electron chi connectivity index (χ2n) is 3.40. The number of nitrogens with one attached hydrogen (secondary N) is 1. The van der Waals surface area contributed by atoms with Gasteiger partial charge in [-0.1, -0.05) is 13.0 Å². The molecule has 0 fully saturated rings. The van der Waals surface area contributed by atoms with Gasteiger partial charge in [-0.2, -0.15) is 0 Å². The molecule has 0 aliphatic heterocycles. The van der Waals surface area contributed by atoms with E-state index in [1.165, 1.54) is 6.07 Å². The summed E-state index contributed by atoms with van der Waals surface area (Å²) < 4.78 is 25.6. The van der Waals surface area contributed by atoms with Gasteiger partial charge in [-0.05, 0) is 24.1 Å². The van der Waals surface area contributed by atoms with E-state index in [2.05, 4.69) is 10.4 Å². The molecule has 0 atom stereocenters. The summed E-state index contributed by atoms with van der Waals surface area (Å²) in [6.07, 6.45) is 1.27. The molecule has 1 aromatic carbocycles. The number of amidine groups is 1. The number of benzene rings is 1. The third-order valence-corrected chi connectivity index (χ3v) is 2.05. The molecule has 0 aromatic heterocycles. The van der Waals surface area contributed by atoms with Crippen LogP contribution < -0.4 is 11.3 Å². The van der Waals surface area contributed by atoms with E-state index in [1.807, 2.05) is 6.92 Å². The fraction of sp³-hybridized carbons (Fsp3) is 0.364. The van der Waals surface area contributed by atoms with E-state index in [0.29, 0.717) is 24.4 Å². The molecule has 1 rings (SSSR count). The highest BCUT2D eigenvalue weighted by Gasteiger charge is 2.04. The van der Waals surface area contributed by atoms with Gasteiger partial charge in [0, 0.05) is 13.0 Å². The lowest BCUT2D eigenvalue weighted by molar-refractivity contribution is 0.507. The molecule has 0 aliphatic carbocycles. The highest BCUT2D eigenvalue weighted by atomic mass is 19.2. The smallest absolute Gasteiger partial charge is 0.159 e. The third kappa shape index (κ3) is 3.58. The van der Waals surface area contributed by atoms with Gasteiger partial charge in [-0.3, -0.25) is 4.99 Å². The van der Waals surface area contributed by atoms with Gasteiger partial charge < -0.3 is 5.43 Å². The van der Waals surface area contributed by atoms with Crippen molar-refractivity contribution in [2.24, 2.45) is 10.8 Å². The molecule has 3 N–H and O–H groups in total. The molecule has 3 nitrogen and oxygen atoms in total. The van der Waals surface area contributed by atoms with E-state index in [-0.39, 0.29) is 0 Å². The highest BCUT2D eigenvalue weighted by molar-refractivity contribution is 5.83. The van der Waals surface area contributed by atoms with Crippen LogP contribution in [0.25, 0.3) is 0 Å². The first-order valence-corrected chi connectivity index (χ1v) is 5.11. The Hall–Kier alpha value is -1.49. The molecule has 0 bridgehead atoms. The van der Waals surface area contributed by atoms with Crippen molar-refractivity contribution in [2.45, 2.75) is 19.8 Å². The van der Waals surface area contributed by atoms with Crippen LogP contribution in [0.3, 0.4) is 0 Å². The molecule has 0 saturated carbocycles. The number of rotatable bonds is 4. The molecule has 0 radical (unpaired) electrons. The lowest BCUT2D eigenvalue weighted by atomic mass is 10.1. The van der Waals surface area contributed by atoms with Crippen LogP contribution in [0.2, 0.25) is 0 Å². The van der Waals surface area contributed by atoms with Crippen LogP contribution >= 0.6 is 0 Å². The Labute approximate surface area is 93.3 Å². The van der Waals surface area contributed by atoms with Crippen molar-refractivity contribution in [3.8, 4) is 0 Å². The van der Waals surface area contributed by atoms with E-state index in [1.54, 1.807) is 0 Å². The van der Waals surface area contributed by atoms with E-state index in [9.17, 15) is 8.78 Å². The maximum absolute atomic E-state index is 12.9. The van der Waals surface area contributed by atoms with Crippen LogP contribution in [0, 0.1) is 11.6 Å². The summed E-state index contributed by atoms with van der Waals surface area (Å²) in [6.45, 7) is 2.65. The Balaban J connectivity index is 2.74. The fourth-order valence-corrected chi connectivity index (χ4v) is 1.24. The Morgan fingerprint density at radius 1 is 1.38 bits per heavy atom. The molecule has 88 valence electrons. The Bertz CT molecular complexity index is 377. The minimum Gasteiger partial charge on any atom is -0.312 e. The number of hydrogen-bond acceptors (Lipinski definition) is 2. The number of hydrazine groups is 1. The van der Waals surface area contributed by atoms with Crippen molar-refractivity contribution in [1.82, 2.24) is 5.43 Å². The molecule has 0 heterocycles. The molecule has 0 saturated heterocycles. The predicted octanol–water partition coefficient (Wildman–Crippen LogP) is 1.78. The van der Waals surface area contributed by atoms with Gasteiger partial charge in [-0.25, -0.2) is 14.6 Å². The molecule has 5 heteroatoms. The first-order valence-electron chi connectivity index (χ1n) is 5.11. The largest absolute Gasteiger partial charge is 0.312 e. The van der Waals surface area contributed by atoms with Crippen molar-refractivity contribution in [3.05, 3.63) is 35.4 Å². The molecule has 1 aromatic rings. The van der Waals surface area contributed by atoms with Gasteiger partial charge in [0.15, 0.2) is 11.6 Å². The number of halogens is 2. The van der Waals surface area contributed by atoms with Crippen LogP contribution in [0.5, 0.6) is 0 Å².